The van der Waals surface area contributed by atoms with Gasteiger partial charge in [0.05, 0.1) is 12.7 Å². The third-order valence-electron chi connectivity index (χ3n) is 5.29. The number of benzene rings is 3. The Morgan fingerprint density at radius 1 is 1.00 bits per heavy atom. The van der Waals surface area contributed by atoms with Crippen LogP contribution in [0.3, 0.4) is 0 Å². The molecule has 1 aromatic heterocycles. The van der Waals surface area contributed by atoms with Gasteiger partial charge in [0.1, 0.15) is 11.5 Å². The number of para-hydroxylation sites is 1. The van der Waals surface area contributed by atoms with E-state index in [2.05, 4.69) is 47.9 Å². The normalized spacial score (nSPS) is 14.6. The van der Waals surface area contributed by atoms with E-state index >= 15 is 0 Å². The number of aromatic nitrogens is 1. The van der Waals surface area contributed by atoms with Gasteiger partial charge >= 0.3 is 0 Å². The van der Waals surface area contributed by atoms with Crippen LogP contribution in [-0.2, 0) is 6.54 Å². The van der Waals surface area contributed by atoms with Gasteiger partial charge in [-0.15, -0.1) is 0 Å². The average Bonchev–Trinajstić information content (AvgIpc) is 3.22. The van der Waals surface area contributed by atoms with Gasteiger partial charge in [0.25, 0.3) is 0 Å². The molecule has 4 nitrogen and oxygen atoms in total. The summed E-state index contributed by atoms with van der Waals surface area (Å²) >= 11 is 0. The molecule has 2 heterocycles. The third-order valence-corrected chi connectivity index (χ3v) is 5.29. The first kappa shape index (κ1) is 16.6. The fraction of sp³-hybridized carbons (Fsp3) is 0.125. The summed E-state index contributed by atoms with van der Waals surface area (Å²) in [5.74, 6) is 1.44. The summed E-state index contributed by atoms with van der Waals surface area (Å²) in [5.41, 5.74) is 3.92. The molecule has 0 saturated carbocycles. The van der Waals surface area contributed by atoms with Crippen LogP contribution in [0.25, 0.3) is 27.9 Å². The van der Waals surface area contributed by atoms with Gasteiger partial charge in [0.15, 0.2) is 5.76 Å². The number of nitrogens with zero attached hydrogens (tertiary/aromatic N) is 1. The summed E-state index contributed by atoms with van der Waals surface area (Å²) in [4.78, 5) is 12.7. The summed E-state index contributed by atoms with van der Waals surface area (Å²) in [5, 5.41) is 2.39. The molecule has 4 aromatic rings. The second-order valence-electron chi connectivity index (χ2n) is 6.84. The quantitative estimate of drug-likeness (QED) is 0.452. The Morgan fingerprint density at radius 2 is 1.82 bits per heavy atom. The van der Waals surface area contributed by atoms with Gasteiger partial charge < -0.3 is 14.0 Å². The molecular weight excluding hydrogens is 350 g/mol. The van der Waals surface area contributed by atoms with Crippen LogP contribution >= 0.6 is 0 Å². The number of fused-ring (bicyclic) bond motifs is 4. The number of methoxy groups -OCH3 is 1. The molecule has 138 valence electrons. The Hall–Kier alpha value is -3.53. The van der Waals surface area contributed by atoms with Gasteiger partial charge in [-0.2, -0.15) is 0 Å². The van der Waals surface area contributed by atoms with Crippen LogP contribution in [0.5, 0.6) is 11.5 Å². The van der Waals surface area contributed by atoms with E-state index in [0.29, 0.717) is 22.8 Å². The van der Waals surface area contributed by atoms with Crippen molar-refractivity contribution in [3.05, 3.63) is 77.5 Å². The average molecular weight is 369 g/mol. The summed E-state index contributed by atoms with van der Waals surface area (Å²) in [7, 11) is 1.59. The lowest BCUT2D eigenvalue weighted by Crippen LogP contribution is -1.98. The molecule has 0 amide bonds. The zero-order chi connectivity index (χ0) is 19.3. The number of ketones is 1. The van der Waals surface area contributed by atoms with Crippen molar-refractivity contribution in [2.24, 2.45) is 0 Å². The highest BCUT2D eigenvalue weighted by atomic mass is 16.5. The van der Waals surface area contributed by atoms with E-state index in [0.717, 1.165) is 12.1 Å². The number of carbonyl (C=O) groups excluding carboxylic acids is 1. The highest BCUT2D eigenvalue weighted by Gasteiger charge is 2.27. The van der Waals surface area contributed by atoms with Gasteiger partial charge in [-0.25, -0.2) is 0 Å². The van der Waals surface area contributed by atoms with E-state index in [1.54, 1.807) is 25.3 Å². The van der Waals surface area contributed by atoms with Crippen molar-refractivity contribution in [2.75, 3.05) is 7.11 Å². The number of Topliss-reactive ketones (excluding diaryl/α,β-unsaturated/α-hetero) is 1. The molecule has 0 fully saturated rings. The third kappa shape index (κ3) is 2.42. The smallest absolute Gasteiger partial charge is 0.231 e. The molecule has 5 rings (SSSR count). The van der Waals surface area contributed by atoms with Crippen LogP contribution in [0.1, 0.15) is 22.8 Å². The van der Waals surface area contributed by atoms with E-state index in [4.69, 9.17) is 9.47 Å². The van der Waals surface area contributed by atoms with Crippen molar-refractivity contribution in [3.8, 4) is 11.5 Å². The monoisotopic (exact) mass is 369 g/mol. The molecule has 0 radical (unpaired) electrons. The molecule has 1 aliphatic rings. The zero-order valence-corrected chi connectivity index (χ0v) is 15.7. The van der Waals surface area contributed by atoms with Crippen molar-refractivity contribution >= 4 is 33.7 Å². The van der Waals surface area contributed by atoms with Crippen molar-refractivity contribution in [2.45, 2.75) is 13.5 Å². The Labute approximate surface area is 162 Å². The molecule has 3 aromatic carbocycles. The Morgan fingerprint density at radius 3 is 2.64 bits per heavy atom. The van der Waals surface area contributed by atoms with Crippen LogP contribution in [0.4, 0.5) is 0 Å². The lowest BCUT2D eigenvalue weighted by atomic mass is 10.1. The summed E-state index contributed by atoms with van der Waals surface area (Å²) in [6.07, 6.45) is 1.81. The molecule has 28 heavy (non-hydrogen) atoms. The van der Waals surface area contributed by atoms with E-state index in [9.17, 15) is 4.79 Å². The van der Waals surface area contributed by atoms with E-state index in [1.807, 2.05) is 12.1 Å². The second-order valence-corrected chi connectivity index (χ2v) is 6.84. The molecule has 0 N–H and O–H groups in total. The van der Waals surface area contributed by atoms with Gasteiger partial charge in [0, 0.05) is 34.4 Å². The maximum atomic E-state index is 12.7. The summed E-state index contributed by atoms with van der Waals surface area (Å²) < 4.78 is 13.3. The number of aryl methyl sites for hydroxylation is 1. The first-order valence-electron chi connectivity index (χ1n) is 9.33. The van der Waals surface area contributed by atoms with Crippen LogP contribution < -0.4 is 9.47 Å². The lowest BCUT2D eigenvalue weighted by Gasteiger charge is -2.03. The van der Waals surface area contributed by atoms with Gasteiger partial charge in [0.2, 0.25) is 5.78 Å². The van der Waals surface area contributed by atoms with Gasteiger partial charge in [-0.05, 0) is 48.9 Å². The first-order valence-corrected chi connectivity index (χ1v) is 9.33. The Bertz CT molecular complexity index is 1280. The molecule has 0 aliphatic carbocycles. The number of hydrogen-bond acceptors (Lipinski definition) is 3. The molecule has 0 atom stereocenters. The number of ether oxygens (including phenoxy) is 2. The molecule has 0 unspecified atom stereocenters. The Balaban J connectivity index is 1.61. The Kier molecular flexibility index (Phi) is 3.72. The number of allylic oxidation sites excluding steroid dienone is 1. The van der Waals surface area contributed by atoms with Crippen molar-refractivity contribution in [3.63, 3.8) is 0 Å². The predicted octanol–water partition coefficient (Wildman–Crippen LogP) is 5.44. The maximum Gasteiger partial charge on any atom is 0.231 e. The minimum absolute atomic E-state index is 0.103. The van der Waals surface area contributed by atoms with E-state index < -0.39 is 0 Å². The molecule has 0 bridgehead atoms. The highest BCUT2D eigenvalue weighted by molar-refractivity contribution is 6.15. The van der Waals surface area contributed by atoms with Crippen LogP contribution in [0.15, 0.2) is 66.4 Å². The van der Waals surface area contributed by atoms with E-state index in [-0.39, 0.29) is 5.78 Å². The SMILES string of the molecule is CCn1c2ccccc2c2cc(/C=C3\Oc4cc(OC)ccc4C3=O)ccc21. The summed E-state index contributed by atoms with van der Waals surface area (Å²) in [6.45, 7) is 3.06. The molecule has 1 aliphatic heterocycles. The standard InChI is InChI=1S/C24H19NO3/c1-3-25-20-7-5-4-6-17(20)19-12-15(8-11-21(19)25)13-23-24(26)18-10-9-16(27-2)14-22(18)28-23/h4-14H,3H2,1-2H3/b23-13-. The number of carbonyl (C=O) groups is 1. The van der Waals surface area contributed by atoms with Gasteiger partial charge in [-0.1, -0.05) is 24.3 Å². The fourth-order valence-electron chi connectivity index (χ4n) is 3.95. The number of rotatable bonds is 3. The maximum absolute atomic E-state index is 12.7. The van der Waals surface area contributed by atoms with Crippen molar-refractivity contribution in [1.82, 2.24) is 4.57 Å². The first-order chi connectivity index (χ1) is 13.7. The highest BCUT2D eigenvalue weighted by Crippen LogP contribution is 2.35. The van der Waals surface area contributed by atoms with E-state index in [1.165, 1.54) is 21.8 Å². The van der Waals surface area contributed by atoms with Crippen LogP contribution in [0.2, 0.25) is 0 Å². The summed E-state index contributed by atoms with van der Waals surface area (Å²) in [6, 6.07) is 19.9. The lowest BCUT2D eigenvalue weighted by molar-refractivity contribution is 0.101. The van der Waals surface area contributed by atoms with Crippen LogP contribution in [-0.4, -0.2) is 17.5 Å². The molecule has 0 spiro atoms. The van der Waals surface area contributed by atoms with Gasteiger partial charge in [-0.3, -0.25) is 4.79 Å². The molecule has 4 heteroatoms. The van der Waals surface area contributed by atoms with Crippen LogP contribution in [0, 0.1) is 0 Å². The minimum atomic E-state index is -0.103. The number of hydrogen-bond donors (Lipinski definition) is 0. The minimum Gasteiger partial charge on any atom is -0.497 e. The van der Waals surface area contributed by atoms with Crippen molar-refractivity contribution < 1.29 is 14.3 Å². The van der Waals surface area contributed by atoms with Crippen molar-refractivity contribution in [1.29, 1.82) is 0 Å². The predicted molar refractivity (Wildman–Crippen MR) is 111 cm³/mol. The fourth-order valence-corrected chi connectivity index (χ4v) is 3.95. The topological polar surface area (TPSA) is 40.5 Å². The second kappa shape index (κ2) is 6.27. The zero-order valence-electron chi connectivity index (χ0n) is 15.7. The molecular formula is C24H19NO3. The molecule has 0 saturated heterocycles. The largest absolute Gasteiger partial charge is 0.497 e.